The maximum Gasteiger partial charge on any atom is 0.216 e. The molecule has 0 spiro atoms. The van der Waals surface area contributed by atoms with Crippen molar-refractivity contribution in [1.82, 2.24) is 14.5 Å². The molecule has 0 unspecified atom stereocenters. The summed E-state index contributed by atoms with van der Waals surface area (Å²) in [6.07, 6.45) is 1.81. The fourth-order valence-corrected chi connectivity index (χ4v) is 3.00. The van der Waals surface area contributed by atoms with Crippen LogP contribution in [0.3, 0.4) is 0 Å². The van der Waals surface area contributed by atoms with Crippen molar-refractivity contribution in [2.24, 2.45) is 7.05 Å². The number of nitrogens with two attached hydrogens (primary N) is 1. The van der Waals surface area contributed by atoms with Gasteiger partial charge in [0, 0.05) is 31.0 Å². The van der Waals surface area contributed by atoms with Gasteiger partial charge >= 0.3 is 0 Å². The lowest BCUT2D eigenvalue weighted by Gasteiger charge is -2.06. The maximum atomic E-state index is 12.0. The molecule has 0 saturated heterocycles. The lowest BCUT2D eigenvalue weighted by molar-refractivity contribution is 0.580. The number of sulfonamides is 1. The van der Waals surface area contributed by atoms with Crippen LogP contribution in [-0.2, 0) is 29.4 Å². The molecule has 0 fully saturated rings. The SMILES string of the molecule is Cc1nn(C)cc1CNS(=O)(=O)Cc1ccc(N)cc1. The summed E-state index contributed by atoms with van der Waals surface area (Å²) in [5.41, 5.74) is 8.58. The molecule has 6 nitrogen and oxygen atoms in total. The van der Waals surface area contributed by atoms with Gasteiger partial charge in [-0.2, -0.15) is 5.10 Å². The Labute approximate surface area is 118 Å². The fraction of sp³-hybridized carbons (Fsp3) is 0.308. The first kappa shape index (κ1) is 14.5. The molecule has 0 aliphatic heterocycles. The number of aromatic nitrogens is 2. The zero-order valence-corrected chi connectivity index (χ0v) is 12.3. The zero-order valence-electron chi connectivity index (χ0n) is 11.5. The van der Waals surface area contributed by atoms with Gasteiger partial charge in [0.2, 0.25) is 10.0 Å². The molecule has 20 heavy (non-hydrogen) atoms. The van der Waals surface area contributed by atoms with Gasteiger partial charge in [0.05, 0.1) is 11.4 Å². The molecule has 1 aromatic heterocycles. The van der Waals surface area contributed by atoms with Crippen LogP contribution in [0.25, 0.3) is 0 Å². The third-order valence-corrected chi connectivity index (χ3v) is 4.23. The molecule has 0 atom stereocenters. The number of nitrogens with zero attached hydrogens (tertiary/aromatic N) is 2. The average Bonchev–Trinajstić information content (AvgIpc) is 2.68. The fourth-order valence-electron chi connectivity index (χ4n) is 1.89. The van der Waals surface area contributed by atoms with Crippen LogP contribution in [0.4, 0.5) is 5.69 Å². The van der Waals surface area contributed by atoms with Gasteiger partial charge < -0.3 is 5.73 Å². The van der Waals surface area contributed by atoms with E-state index in [0.717, 1.165) is 11.3 Å². The molecule has 0 bridgehead atoms. The highest BCUT2D eigenvalue weighted by Gasteiger charge is 2.13. The summed E-state index contributed by atoms with van der Waals surface area (Å²) in [6.45, 7) is 2.10. The zero-order chi connectivity index (χ0) is 14.8. The average molecular weight is 294 g/mol. The smallest absolute Gasteiger partial charge is 0.216 e. The molecular formula is C13H18N4O2S. The van der Waals surface area contributed by atoms with E-state index in [1.54, 1.807) is 42.2 Å². The summed E-state index contributed by atoms with van der Waals surface area (Å²) < 4.78 is 28.3. The maximum absolute atomic E-state index is 12.0. The lowest BCUT2D eigenvalue weighted by Crippen LogP contribution is -2.24. The van der Waals surface area contributed by atoms with Gasteiger partial charge in [-0.05, 0) is 24.6 Å². The number of hydrogen-bond acceptors (Lipinski definition) is 4. The van der Waals surface area contributed by atoms with E-state index in [0.29, 0.717) is 11.3 Å². The number of aryl methyl sites for hydroxylation is 2. The first-order chi connectivity index (χ1) is 9.35. The van der Waals surface area contributed by atoms with E-state index in [1.807, 2.05) is 6.92 Å². The van der Waals surface area contributed by atoms with Crippen molar-refractivity contribution < 1.29 is 8.42 Å². The van der Waals surface area contributed by atoms with Crippen molar-refractivity contribution in [3.63, 3.8) is 0 Å². The Balaban J connectivity index is 2.01. The van der Waals surface area contributed by atoms with E-state index in [1.165, 1.54) is 0 Å². The Morgan fingerprint density at radius 2 is 1.95 bits per heavy atom. The van der Waals surface area contributed by atoms with Gasteiger partial charge in [-0.25, -0.2) is 13.1 Å². The first-order valence-electron chi connectivity index (χ1n) is 6.16. The lowest BCUT2D eigenvalue weighted by atomic mass is 10.2. The number of nitrogens with one attached hydrogen (secondary N) is 1. The van der Waals surface area contributed by atoms with E-state index in [-0.39, 0.29) is 12.3 Å². The summed E-state index contributed by atoms with van der Waals surface area (Å²) in [4.78, 5) is 0. The van der Waals surface area contributed by atoms with Crippen molar-refractivity contribution in [3.05, 3.63) is 47.3 Å². The largest absolute Gasteiger partial charge is 0.399 e. The van der Waals surface area contributed by atoms with Gasteiger partial charge in [-0.3, -0.25) is 4.68 Å². The Morgan fingerprint density at radius 3 is 2.50 bits per heavy atom. The van der Waals surface area contributed by atoms with Crippen LogP contribution in [0.2, 0.25) is 0 Å². The number of rotatable bonds is 5. The van der Waals surface area contributed by atoms with E-state index < -0.39 is 10.0 Å². The third kappa shape index (κ3) is 3.82. The van der Waals surface area contributed by atoms with Gasteiger partial charge in [0.1, 0.15) is 0 Å². The van der Waals surface area contributed by atoms with Gasteiger partial charge in [0.15, 0.2) is 0 Å². The number of anilines is 1. The molecule has 2 aromatic rings. The molecule has 0 amide bonds. The summed E-state index contributed by atoms with van der Waals surface area (Å²) in [7, 11) is -1.58. The molecule has 1 aromatic carbocycles. The van der Waals surface area contributed by atoms with Crippen LogP contribution in [0.15, 0.2) is 30.5 Å². The minimum atomic E-state index is -3.38. The van der Waals surface area contributed by atoms with Crippen LogP contribution in [0.1, 0.15) is 16.8 Å². The number of nitrogen functional groups attached to an aromatic ring is 1. The van der Waals surface area contributed by atoms with Gasteiger partial charge in [-0.1, -0.05) is 12.1 Å². The molecule has 0 aliphatic carbocycles. The quantitative estimate of drug-likeness (QED) is 0.803. The predicted octanol–water partition coefficient (Wildman–Crippen LogP) is 0.930. The molecule has 108 valence electrons. The Bertz CT molecular complexity index is 690. The summed E-state index contributed by atoms with van der Waals surface area (Å²) in [5.74, 6) is -0.0629. The Kier molecular flexibility index (Phi) is 4.10. The number of benzene rings is 1. The highest BCUT2D eigenvalue weighted by molar-refractivity contribution is 7.88. The second-order valence-corrected chi connectivity index (χ2v) is 6.54. The van der Waals surface area contributed by atoms with Crippen LogP contribution in [-0.4, -0.2) is 18.2 Å². The minimum absolute atomic E-state index is 0.0629. The van der Waals surface area contributed by atoms with E-state index in [9.17, 15) is 8.42 Å². The van der Waals surface area contributed by atoms with Crippen molar-refractivity contribution in [3.8, 4) is 0 Å². The van der Waals surface area contributed by atoms with Crippen molar-refractivity contribution in [2.75, 3.05) is 5.73 Å². The standard InChI is InChI=1S/C13H18N4O2S/c1-10-12(8-17(2)16-10)7-15-20(18,19)9-11-3-5-13(14)6-4-11/h3-6,8,15H,7,9,14H2,1-2H3. The Hall–Kier alpha value is -1.86. The van der Waals surface area contributed by atoms with Crippen LogP contribution in [0.5, 0.6) is 0 Å². The molecule has 2 rings (SSSR count). The highest BCUT2D eigenvalue weighted by Crippen LogP contribution is 2.10. The second-order valence-electron chi connectivity index (χ2n) is 4.74. The van der Waals surface area contributed by atoms with Crippen molar-refractivity contribution >= 4 is 15.7 Å². The van der Waals surface area contributed by atoms with E-state index in [2.05, 4.69) is 9.82 Å². The van der Waals surface area contributed by atoms with Crippen LogP contribution in [0, 0.1) is 6.92 Å². The van der Waals surface area contributed by atoms with Crippen LogP contribution >= 0.6 is 0 Å². The molecule has 0 saturated carbocycles. The predicted molar refractivity (Wildman–Crippen MR) is 78.3 cm³/mol. The topological polar surface area (TPSA) is 90.0 Å². The molecule has 0 radical (unpaired) electrons. The number of hydrogen-bond donors (Lipinski definition) is 2. The minimum Gasteiger partial charge on any atom is -0.399 e. The van der Waals surface area contributed by atoms with Crippen LogP contribution < -0.4 is 10.5 Å². The van der Waals surface area contributed by atoms with Gasteiger partial charge in [0.25, 0.3) is 0 Å². The van der Waals surface area contributed by atoms with Crippen molar-refractivity contribution in [2.45, 2.75) is 19.2 Å². The molecule has 1 heterocycles. The monoisotopic (exact) mass is 294 g/mol. The van der Waals surface area contributed by atoms with Crippen molar-refractivity contribution in [1.29, 1.82) is 0 Å². The Morgan fingerprint density at radius 1 is 1.30 bits per heavy atom. The normalized spacial score (nSPS) is 11.7. The summed E-state index contributed by atoms with van der Waals surface area (Å²) in [5, 5.41) is 4.17. The molecule has 7 heteroatoms. The molecular weight excluding hydrogens is 276 g/mol. The molecule has 0 aliphatic rings. The second kappa shape index (κ2) is 5.64. The third-order valence-electron chi connectivity index (χ3n) is 2.93. The van der Waals surface area contributed by atoms with Gasteiger partial charge in [-0.15, -0.1) is 0 Å². The van der Waals surface area contributed by atoms with E-state index in [4.69, 9.17) is 5.73 Å². The summed E-state index contributed by atoms with van der Waals surface area (Å²) >= 11 is 0. The molecule has 3 N–H and O–H groups in total. The van der Waals surface area contributed by atoms with E-state index >= 15 is 0 Å². The highest BCUT2D eigenvalue weighted by atomic mass is 32.2. The first-order valence-corrected chi connectivity index (χ1v) is 7.82. The summed E-state index contributed by atoms with van der Waals surface area (Å²) in [6, 6.07) is 6.81.